The summed E-state index contributed by atoms with van der Waals surface area (Å²) >= 11 is 6.48. The lowest BCUT2D eigenvalue weighted by molar-refractivity contribution is 0.473. The molecule has 5 rings (SSSR count). The quantitative estimate of drug-likeness (QED) is 0.401. The van der Waals surface area contributed by atoms with Crippen LogP contribution in [0.25, 0.3) is 33.5 Å². The molecule has 0 aliphatic rings. The maximum absolute atomic E-state index is 13.4. The van der Waals surface area contributed by atoms with E-state index in [0.29, 0.717) is 28.0 Å². The first-order valence-corrected chi connectivity index (χ1v) is 10.7. The Bertz CT molecular complexity index is 1720. The topological polar surface area (TPSA) is 104 Å². The molecule has 0 atom stereocenters. The highest BCUT2D eigenvalue weighted by Crippen LogP contribution is 2.33. The zero-order chi connectivity index (χ0) is 24.0. The van der Waals surface area contributed by atoms with Gasteiger partial charge in [0.2, 0.25) is 0 Å². The number of nitrogens with one attached hydrogen (secondary N) is 1. The number of hydrogen-bond acceptors (Lipinski definition) is 4. The number of aromatic nitrogens is 3. The van der Waals surface area contributed by atoms with Gasteiger partial charge < -0.3 is 10.1 Å². The minimum Gasteiger partial charge on any atom is -0.507 e. The predicted octanol–water partition coefficient (Wildman–Crippen LogP) is 4.68. The van der Waals surface area contributed by atoms with Crippen LogP contribution in [0, 0.1) is 18.3 Å². The van der Waals surface area contributed by atoms with Gasteiger partial charge in [0.25, 0.3) is 5.56 Å². The molecule has 8 heteroatoms. The van der Waals surface area contributed by atoms with Crippen molar-refractivity contribution in [3.8, 4) is 34.3 Å². The number of H-pyrrole nitrogens is 1. The van der Waals surface area contributed by atoms with Crippen LogP contribution in [0.1, 0.15) is 11.1 Å². The Morgan fingerprint density at radius 3 is 2.26 bits per heavy atom. The van der Waals surface area contributed by atoms with Crippen LogP contribution in [-0.2, 0) is 0 Å². The summed E-state index contributed by atoms with van der Waals surface area (Å²) in [5.41, 5.74) is 3.01. The first kappa shape index (κ1) is 21.3. The van der Waals surface area contributed by atoms with Crippen molar-refractivity contribution in [3.05, 3.63) is 110 Å². The van der Waals surface area contributed by atoms with E-state index in [-0.39, 0.29) is 16.4 Å². The lowest BCUT2D eigenvalue weighted by atomic mass is 10.0. The van der Waals surface area contributed by atoms with E-state index in [2.05, 4.69) is 4.98 Å². The number of aromatic amines is 1. The van der Waals surface area contributed by atoms with Crippen LogP contribution in [0.4, 0.5) is 0 Å². The van der Waals surface area contributed by atoms with E-state index in [1.54, 1.807) is 28.8 Å². The van der Waals surface area contributed by atoms with E-state index >= 15 is 0 Å². The Morgan fingerprint density at radius 2 is 1.59 bits per heavy atom. The van der Waals surface area contributed by atoms with E-state index in [9.17, 15) is 14.7 Å². The number of rotatable bonds is 3. The zero-order valence-electron chi connectivity index (χ0n) is 17.9. The molecular weight excluding hydrogens is 452 g/mol. The predicted molar refractivity (Wildman–Crippen MR) is 131 cm³/mol. The fraction of sp³-hybridized carbons (Fsp3) is 0.0385. The molecule has 0 aliphatic heterocycles. The SMILES string of the molecule is Cc1cccc(-c2ccc(-n3c(Cl)cc4[nH]c(=O)n(-c5ccc(C#N)cc5)c(=O)c43)cc2)c1O. The van der Waals surface area contributed by atoms with E-state index in [1.165, 1.54) is 18.2 Å². The highest BCUT2D eigenvalue weighted by Gasteiger charge is 2.18. The minimum absolute atomic E-state index is 0.208. The fourth-order valence-electron chi connectivity index (χ4n) is 4.01. The van der Waals surface area contributed by atoms with E-state index in [0.717, 1.165) is 15.7 Å². The second kappa shape index (κ2) is 8.10. The summed E-state index contributed by atoms with van der Waals surface area (Å²) in [6.07, 6.45) is 0. The van der Waals surface area contributed by atoms with Crippen molar-refractivity contribution in [1.82, 2.24) is 14.1 Å². The Hall–Kier alpha value is -4.54. The van der Waals surface area contributed by atoms with Crippen LogP contribution >= 0.6 is 11.6 Å². The Kier molecular flexibility index (Phi) is 5.08. The molecule has 7 nitrogen and oxygen atoms in total. The summed E-state index contributed by atoms with van der Waals surface area (Å²) in [4.78, 5) is 28.9. The van der Waals surface area contributed by atoms with Crippen LogP contribution in [0.3, 0.4) is 0 Å². The molecule has 2 heterocycles. The lowest BCUT2D eigenvalue weighted by Gasteiger charge is -2.11. The van der Waals surface area contributed by atoms with Crippen LogP contribution in [0.15, 0.2) is 82.4 Å². The fourth-order valence-corrected chi connectivity index (χ4v) is 4.30. The average molecular weight is 469 g/mol. The van der Waals surface area contributed by atoms with E-state index < -0.39 is 11.2 Å². The molecule has 0 aliphatic carbocycles. The number of nitriles is 1. The van der Waals surface area contributed by atoms with Crippen molar-refractivity contribution in [2.45, 2.75) is 6.92 Å². The molecule has 0 saturated heterocycles. The van der Waals surface area contributed by atoms with Gasteiger partial charge in [0.15, 0.2) is 0 Å². The first-order valence-electron chi connectivity index (χ1n) is 10.4. The molecule has 2 N–H and O–H groups in total. The van der Waals surface area contributed by atoms with Crippen molar-refractivity contribution >= 4 is 22.6 Å². The molecule has 5 aromatic rings. The largest absolute Gasteiger partial charge is 0.507 e. The highest BCUT2D eigenvalue weighted by molar-refractivity contribution is 6.31. The summed E-state index contributed by atoms with van der Waals surface area (Å²) in [5.74, 6) is 0.211. The summed E-state index contributed by atoms with van der Waals surface area (Å²) < 4.78 is 2.57. The first-order chi connectivity index (χ1) is 16.4. The summed E-state index contributed by atoms with van der Waals surface area (Å²) in [5, 5.41) is 19.7. The molecule has 34 heavy (non-hydrogen) atoms. The zero-order valence-corrected chi connectivity index (χ0v) is 18.7. The maximum atomic E-state index is 13.4. The van der Waals surface area contributed by atoms with Gasteiger partial charge in [0, 0.05) is 11.3 Å². The molecule has 3 aromatic carbocycles. The number of phenolic OH excluding ortho intramolecular Hbond substituents is 1. The molecule has 0 saturated carbocycles. The Morgan fingerprint density at radius 1 is 0.941 bits per heavy atom. The van der Waals surface area contributed by atoms with Crippen LogP contribution in [-0.4, -0.2) is 19.2 Å². The normalized spacial score (nSPS) is 11.0. The highest BCUT2D eigenvalue weighted by atomic mass is 35.5. The third-order valence-electron chi connectivity index (χ3n) is 5.74. The number of para-hydroxylation sites is 1. The third-order valence-corrected chi connectivity index (χ3v) is 6.01. The van der Waals surface area contributed by atoms with Crippen molar-refractivity contribution < 1.29 is 5.11 Å². The monoisotopic (exact) mass is 468 g/mol. The van der Waals surface area contributed by atoms with Gasteiger partial charge in [0.05, 0.1) is 22.8 Å². The average Bonchev–Trinajstić information content (AvgIpc) is 3.17. The number of aromatic hydroxyl groups is 1. The third kappa shape index (κ3) is 3.38. The minimum atomic E-state index is -0.610. The van der Waals surface area contributed by atoms with Crippen molar-refractivity contribution in [1.29, 1.82) is 5.26 Å². The molecular formula is C26H17ClN4O3. The molecule has 2 aromatic heterocycles. The van der Waals surface area contributed by atoms with Gasteiger partial charge in [0.1, 0.15) is 16.4 Å². The van der Waals surface area contributed by atoms with Gasteiger partial charge in [-0.15, -0.1) is 0 Å². The smallest absolute Gasteiger partial charge is 0.333 e. The summed E-state index contributed by atoms with van der Waals surface area (Å²) in [6, 6.07) is 22.5. The van der Waals surface area contributed by atoms with E-state index in [1.807, 2.05) is 43.3 Å². The van der Waals surface area contributed by atoms with Crippen LogP contribution in [0.5, 0.6) is 5.75 Å². The number of aryl methyl sites for hydroxylation is 1. The standard InChI is InChI=1S/C26H17ClN4O3/c1-15-3-2-4-20(24(15)32)17-7-11-18(12-8-17)30-22(27)13-21-23(30)25(33)31(26(34)29-21)19-9-5-16(14-28)6-10-19/h2-13,32H,1H3,(H,29,34). The Labute approximate surface area is 198 Å². The maximum Gasteiger partial charge on any atom is 0.333 e. The van der Waals surface area contributed by atoms with E-state index in [4.69, 9.17) is 16.9 Å². The molecule has 0 spiro atoms. The molecule has 0 amide bonds. The second-order valence-electron chi connectivity index (χ2n) is 7.81. The number of fused-ring (bicyclic) bond motifs is 1. The lowest BCUT2D eigenvalue weighted by Crippen LogP contribution is -2.34. The molecule has 0 fully saturated rings. The second-order valence-corrected chi connectivity index (χ2v) is 8.20. The van der Waals surface area contributed by atoms with Crippen molar-refractivity contribution in [2.24, 2.45) is 0 Å². The summed E-state index contributed by atoms with van der Waals surface area (Å²) in [7, 11) is 0. The number of phenols is 1. The summed E-state index contributed by atoms with van der Waals surface area (Å²) in [6.45, 7) is 1.83. The van der Waals surface area contributed by atoms with Gasteiger partial charge in [-0.3, -0.25) is 9.36 Å². The molecule has 0 unspecified atom stereocenters. The Balaban J connectivity index is 1.68. The van der Waals surface area contributed by atoms with Gasteiger partial charge in [-0.2, -0.15) is 5.26 Å². The van der Waals surface area contributed by atoms with Crippen molar-refractivity contribution in [2.75, 3.05) is 0 Å². The molecule has 0 radical (unpaired) electrons. The number of nitrogens with zero attached hydrogens (tertiary/aromatic N) is 3. The number of hydrogen-bond donors (Lipinski definition) is 2. The van der Waals surface area contributed by atoms with Gasteiger partial charge in [-0.1, -0.05) is 41.9 Å². The van der Waals surface area contributed by atoms with Gasteiger partial charge in [-0.05, 0) is 60.5 Å². The number of benzene rings is 3. The van der Waals surface area contributed by atoms with Crippen molar-refractivity contribution in [3.63, 3.8) is 0 Å². The van der Waals surface area contributed by atoms with Gasteiger partial charge >= 0.3 is 5.69 Å². The molecule has 166 valence electrons. The van der Waals surface area contributed by atoms with Crippen LogP contribution in [0.2, 0.25) is 5.15 Å². The number of halogens is 1. The van der Waals surface area contributed by atoms with Gasteiger partial charge in [-0.25, -0.2) is 9.36 Å². The molecule has 0 bridgehead atoms. The van der Waals surface area contributed by atoms with Crippen LogP contribution < -0.4 is 11.2 Å².